The van der Waals surface area contributed by atoms with Gasteiger partial charge in [-0.2, -0.15) is 0 Å². The molecule has 1 aromatic carbocycles. The minimum absolute atomic E-state index is 0.0609. The summed E-state index contributed by atoms with van der Waals surface area (Å²) in [5, 5.41) is 3.07. The van der Waals surface area contributed by atoms with Gasteiger partial charge < -0.3 is 19.7 Å². The predicted octanol–water partition coefficient (Wildman–Crippen LogP) is 4.02. The normalized spacial score (nSPS) is 22.3. The molecule has 4 rings (SSSR count). The van der Waals surface area contributed by atoms with Gasteiger partial charge in [0.2, 0.25) is 11.8 Å². The number of carbonyl (C=O) groups is 1. The Balaban J connectivity index is 1.33. The fourth-order valence-corrected chi connectivity index (χ4v) is 4.00. The summed E-state index contributed by atoms with van der Waals surface area (Å²) in [5.74, 6) is -2.15. The molecule has 2 aliphatic rings. The zero-order valence-electron chi connectivity index (χ0n) is 17.9. The molecule has 1 amide bonds. The zero-order valence-corrected chi connectivity index (χ0v) is 18.6. The summed E-state index contributed by atoms with van der Waals surface area (Å²) < 4.78 is 37.7. The minimum atomic E-state index is -2.65. The highest BCUT2D eigenvalue weighted by Gasteiger charge is 2.57. The molecule has 0 spiro atoms. The van der Waals surface area contributed by atoms with E-state index in [2.05, 4.69) is 15.3 Å². The van der Waals surface area contributed by atoms with Crippen molar-refractivity contribution in [2.45, 2.75) is 44.8 Å². The number of hydrogen-bond acceptors (Lipinski definition) is 6. The van der Waals surface area contributed by atoms with Gasteiger partial charge in [-0.1, -0.05) is 23.7 Å². The summed E-state index contributed by atoms with van der Waals surface area (Å²) >= 11 is 6.40. The molecule has 1 N–H and O–H groups in total. The number of benzene rings is 1. The Morgan fingerprint density at radius 2 is 2.06 bits per heavy atom. The topological polar surface area (TPSA) is 76.6 Å². The van der Waals surface area contributed by atoms with E-state index in [4.69, 9.17) is 21.1 Å². The molecule has 1 saturated carbocycles. The van der Waals surface area contributed by atoms with Crippen molar-refractivity contribution in [2.24, 2.45) is 5.92 Å². The van der Waals surface area contributed by atoms with Gasteiger partial charge in [0, 0.05) is 26.3 Å². The van der Waals surface area contributed by atoms with E-state index in [-0.39, 0.29) is 42.0 Å². The fourth-order valence-electron chi connectivity index (χ4n) is 3.73. The number of nitrogens with one attached hydrogen (secondary N) is 1. The van der Waals surface area contributed by atoms with Gasteiger partial charge in [0.25, 0.3) is 5.92 Å². The molecule has 2 heterocycles. The number of rotatable bonds is 8. The standard InChI is InChI=1S/C22H25ClF2N4O3/c1-13(28-14(2)30)15-3-5-17(6-4-15)32-18-7-8-29(10-18)20-19(23)21(27-12-26-20)31-11-16-9-22(16,24)25/h3-6,12-13,16,18H,7-11H2,1-2H3,(H,28,30)/t13-,16+,18+/m0/s1. The molecule has 0 radical (unpaired) electrons. The molecule has 1 saturated heterocycles. The minimum Gasteiger partial charge on any atom is -0.489 e. The number of halogens is 3. The molecular formula is C22H25ClF2N4O3. The van der Waals surface area contributed by atoms with Gasteiger partial charge in [-0.25, -0.2) is 18.7 Å². The maximum Gasteiger partial charge on any atom is 0.255 e. The van der Waals surface area contributed by atoms with Crippen LogP contribution in [0.5, 0.6) is 11.6 Å². The van der Waals surface area contributed by atoms with Crippen LogP contribution in [-0.2, 0) is 4.79 Å². The van der Waals surface area contributed by atoms with Gasteiger partial charge in [-0.05, 0) is 24.6 Å². The molecule has 1 aliphatic heterocycles. The fraction of sp³-hybridized carbons (Fsp3) is 0.500. The Hall–Kier alpha value is -2.68. The molecule has 1 aromatic heterocycles. The van der Waals surface area contributed by atoms with Gasteiger partial charge in [0.15, 0.2) is 5.82 Å². The quantitative estimate of drug-likeness (QED) is 0.633. The molecule has 10 heteroatoms. The van der Waals surface area contributed by atoms with E-state index in [0.29, 0.717) is 18.9 Å². The van der Waals surface area contributed by atoms with Crippen molar-refractivity contribution in [3.63, 3.8) is 0 Å². The lowest BCUT2D eigenvalue weighted by molar-refractivity contribution is -0.119. The number of alkyl halides is 2. The molecule has 172 valence electrons. The van der Waals surface area contributed by atoms with Crippen molar-refractivity contribution < 1.29 is 23.0 Å². The second-order valence-electron chi connectivity index (χ2n) is 8.26. The first-order valence-electron chi connectivity index (χ1n) is 10.5. The summed E-state index contributed by atoms with van der Waals surface area (Å²) in [4.78, 5) is 21.4. The molecule has 7 nitrogen and oxygen atoms in total. The Bertz CT molecular complexity index is 976. The average molecular weight is 467 g/mol. The van der Waals surface area contributed by atoms with Crippen LogP contribution in [0.3, 0.4) is 0 Å². The maximum atomic E-state index is 13.1. The summed E-state index contributed by atoms with van der Waals surface area (Å²) in [5.41, 5.74) is 0.991. The Kier molecular flexibility index (Phi) is 6.37. The molecule has 2 fully saturated rings. The molecule has 1 aliphatic carbocycles. The lowest BCUT2D eigenvalue weighted by atomic mass is 10.1. The lowest BCUT2D eigenvalue weighted by Gasteiger charge is -2.20. The molecule has 0 bridgehead atoms. The third-order valence-electron chi connectivity index (χ3n) is 5.66. The van der Waals surface area contributed by atoms with Crippen LogP contribution in [0.25, 0.3) is 0 Å². The Labute approximate surface area is 190 Å². The number of hydrogen-bond donors (Lipinski definition) is 1. The molecule has 32 heavy (non-hydrogen) atoms. The van der Waals surface area contributed by atoms with E-state index in [1.807, 2.05) is 36.1 Å². The zero-order chi connectivity index (χ0) is 22.9. The molecule has 0 unspecified atom stereocenters. The summed E-state index contributed by atoms with van der Waals surface area (Å²) in [6.07, 6.45) is 1.87. The van der Waals surface area contributed by atoms with Gasteiger partial charge in [-0.15, -0.1) is 0 Å². The van der Waals surface area contributed by atoms with Crippen molar-refractivity contribution in [1.29, 1.82) is 0 Å². The monoisotopic (exact) mass is 466 g/mol. The average Bonchev–Trinajstić information content (AvgIpc) is 3.12. The van der Waals surface area contributed by atoms with Crippen LogP contribution in [0.4, 0.5) is 14.6 Å². The van der Waals surface area contributed by atoms with E-state index >= 15 is 0 Å². The Morgan fingerprint density at radius 1 is 1.34 bits per heavy atom. The number of ether oxygens (including phenoxy) is 2. The third kappa shape index (κ3) is 5.20. The van der Waals surface area contributed by atoms with E-state index in [9.17, 15) is 13.6 Å². The molecule has 3 atom stereocenters. The van der Waals surface area contributed by atoms with Crippen LogP contribution in [0.1, 0.15) is 38.3 Å². The largest absolute Gasteiger partial charge is 0.489 e. The highest BCUT2D eigenvalue weighted by atomic mass is 35.5. The smallest absolute Gasteiger partial charge is 0.255 e. The van der Waals surface area contributed by atoms with E-state index < -0.39 is 11.8 Å². The van der Waals surface area contributed by atoms with Gasteiger partial charge in [-0.3, -0.25) is 4.79 Å². The van der Waals surface area contributed by atoms with Crippen LogP contribution in [-0.4, -0.2) is 47.6 Å². The van der Waals surface area contributed by atoms with Crippen LogP contribution >= 0.6 is 11.6 Å². The van der Waals surface area contributed by atoms with Crippen LogP contribution < -0.4 is 19.7 Å². The van der Waals surface area contributed by atoms with E-state index in [1.54, 1.807) is 0 Å². The molecule has 2 aromatic rings. The highest BCUT2D eigenvalue weighted by molar-refractivity contribution is 6.34. The van der Waals surface area contributed by atoms with Gasteiger partial charge in [0.1, 0.15) is 23.2 Å². The number of nitrogens with zero attached hydrogens (tertiary/aromatic N) is 3. The van der Waals surface area contributed by atoms with Gasteiger partial charge in [0.05, 0.1) is 25.1 Å². The summed E-state index contributed by atoms with van der Waals surface area (Å²) in [7, 11) is 0. The first-order chi connectivity index (χ1) is 15.2. The second-order valence-corrected chi connectivity index (χ2v) is 8.63. The number of anilines is 1. The maximum absolute atomic E-state index is 13.1. The summed E-state index contributed by atoms with van der Waals surface area (Å²) in [6, 6.07) is 7.54. The van der Waals surface area contributed by atoms with Crippen molar-refractivity contribution in [3.8, 4) is 11.6 Å². The van der Waals surface area contributed by atoms with Crippen LogP contribution in [0, 0.1) is 5.92 Å². The number of aromatic nitrogens is 2. The van der Waals surface area contributed by atoms with Crippen LogP contribution in [0.15, 0.2) is 30.6 Å². The highest BCUT2D eigenvalue weighted by Crippen LogP contribution is 2.48. The Morgan fingerprint density at radius 3 is 2.72 bits per heavy atom. The number of carbonyl (C=O) groups excluding carboxylic acids is 1. The first-order valence-corrected chi connectivity index (χ1v) is 10.9. The number of amides is 1. The van der Waals surface area contributed by atoms with Crippen molar-refractivity contribution in [2.75, 3.05) is 24.6 Å². The second kappa shape index (κ2) is 9.05. The SMILES string of the molecule is CC(=O)N[C@@H](C)c1ccc(O[C@@H]2CCN(c3ncnc(OC[C@H]4CC4(F)F)c3Cl)C2)cc1. The summed E-state index contributed by atoms with van der Waals surface area (Å²) in [6.45, 7) is 4.54. The first kappa shape index (κ1) is 22.5. The predicted molar refractivity (Wildman–Crippen MR) is 116 cm³/mol. The van der Waals surface area contributed by atoms with Crippen molar-refractivity contribution in [3.05, 3.63) is 41.2 Å². The van der Waals surface area contributed by atoms with Crippen molar-refractivity contribution in [1.82, 2.24) is 15.3 Å². The lowest BCUT2D eigenvalue weighted by Crippen LogP contribution is -2.26. The van der Waals surface area contributed by atoms with Gasteiger partial charge >= 0.3 is 0 Å². The van der Waals surface area contributed by atoms with E-state index in [0.717, 1.165) is 17.7 Å². The van der Waals surface area contributed by atoms with Crippen LogP contribution in [0.2, 0.25) is 5.02 Å². The van der Waals surface area contributed by atoms with E-state index in [1.165, 1.54) is 13.3 Å². The third-order valence-corrected chi connectivity index (χ3v) is 5.99. The van der Waals surface area contributed by atoms with Crippen molar-refractivity contribution >= 4 is 23.3 Å². The molecular weight excluding hydrogens is 442 g/mol.